The molecule has 26 heavy (non-hydrogen) atoms. The molecule has 0 atom stereocenters. The van der Waals surface area contributed by atoms with E-state index in [1.165, 1.54) is 30.3 Å². The van der Waals surface area contributed by atoms with E-state index in [-0.39, 0.29) is 21.8 Å². The van der Waals surface area contributed by atoms with Gasteiger partial charge in [-0.1, -0.05) is 19.1 Å². The van der Waals surface area contributed by atoms with Crippen molar-refractivity contribution in [1.29, 1.82) is 0 Å². The smallest absolute Gasteiger partial charge is 0.280 e. The summed E-state index contributed by atoms with van der Waals surface area (Å²) >= 11 is 0. The molecule has 0 fully saturated rings. The molecule has 7 nitrogen and oxygen atoms in total. The van der Waals surface area contributed by atoms with Crippen LogP contribution >= 0.6 is 0 Å². The molecule has 0 aliphatic heterocycles. The number of halogens is 1. The van der Waals surface area contributed by atoms with Gasteiger partial charge in [-0.3, -0.25) is 4.79 Å². The first kappa shape index (κ1) is 19.4. The van der Waals surface area contributed by atoms with Gasteiger partial charge in [-0.2, -0.15) is 4.99 Å². The summed E-state index contributed by atoms with van der Waals surface area (Å²) in [7, 11) is -3.72. The third-order valence-electron chi connectivity index (χ3n) is 3.59. The highest BCUT2D eigenvalue weighted by Crippen LogP contribution is 2.30. The van der Waals surface area contributed by atoms with Crippen molar-refractivity contribution in [2.75, 3.05) is 11.6 Å². The molecule has 0 heterocycles. The van der Waals surface area contributed by atoms with Crippen molar-refractivity contribution < 1.29 is 17.6 Å². The molecule has 0 radical (unpaired) electrons. The number of anilines is 2. The fourth-order valence-corrected chi connectivity index (χ4v) is 3.25. The minimum atomic E-state index is -3.72. The molecule has 0 aliphatic carbocycles. The maximum absolute atomic E-state index is 13.9. The highest BCUT2D eigenvalue weighted by molar-refractivity contribution is 7.90. The van der Waals surface area contributed by atoms with Crippen LogP contribution in [0.15, 0.2) is 46.3 Å². The largest absolute Gasteiger partial charge is 0.370 e. The standard InChI is InChI=1S/C17H19FN4O3S/c1-3-10-8-14(21-13-7-5-4-6-12(13)18)15(26(2,24)25)9-11(10)16(23)22-17(19)20/h4-9,21H,3H2,1-2H3,(H4,19,20,22,23). The number of nitrogens with two attached hydrogens (primary N) is 2. The lowest BCUT2D eigenvalue weighted by Crippen LogP contribution is -2.24. The zero-order chi connectivity index (χ0) is 19.5. The highest BCUT2D eigenvalue weighted by Gasteiger charge is 2.21. The Bertz CT molecular complexity index is 983. The van der Waals surface area contributed by atoms with E-state index in [0.717, 1.165) is 6.26 Å². The molecular weight excluding hydrogens is 359 g/mol. The number of hydrogen-bond donors (Lipinski definition) is 3. The van der Waals surface area contributed by atoms with E-state index in [4.69, 9.17) is 11.5 Å². The first-order chi connectivity index (χ1) is 12.1. The summed E-state index contributed by atoms with van der Waals surface area (Å²) in [4.78, 5) is 15.5. The Morgan fingerprint density at radius 3 is 2.38 bits per heavy atom. The van der Waals surface area contributed by atoms with Crippen LogP contribution in [0.1, 0.15) is 22.8 Å². The van der Waals surface area contributed by atoms with Gasteiger partial charge >= 0.3 is 0 Å². The summed E-state index contributed by atoms with van der Waals surface area (Å²) < 4.78 is 38.3. The van der Waals surface area contributed by atoms with Gasteiger partial charge in [0.1, 0.15) is 5.82 Å². The van der Waals surface area contributed by atoms with E-state index in [1.807, 2.05) is 0 Å². The van der Waals surface area contributed by atoms with Crippen LogP contribution in [0.25, 0.3) is 0 Å². The Hall–Kier alpha value is -2.94. The number of benzene rings is 2. The Morgan fingerprint density at radius 1 is 1.19 bits per heavy atom. The van der Waals surface area contributed by atoms with Gasteiger partial charge in [-0.15, -0.1) is 0 Å². The number of aliphatic imine (C=N–C) groups is 1. The zero-order valence-electron chi connectivity index (χ0n) is 14.3. The molecule has 5 N–H and O–H groups in total. The summed E-state index contributed by atoms with van der Waals surface area (Å²) in [6.45, 7) is 1.79. The molecule has 138 valence electrons. The van der Waals surface area contributed by atoms with Gasteiger partial charge in [0.05, 0.1) is 16.3 Å². The second-order valence-electron chi connectivity index (χ2n) is 5.58. The average Bonchev–Trinajstić information content (AvgIpc) is 2.54. The molecule has 0 saturated carbocycles. The lowest BCUT2D eigenvalue weighted by Gasteiger charge is -2.15. The van der Waals surface area contributed by atoms with Crippen molar-refractivity contribution in [2.45, 2.75) is 18.2 Å². The zero-order valence-corrected chi connectivity index (χ0v) is 15.1. The molecule has 1 amide bonds. The topological polar surface area (TPSA) is 128 Å². The number of nitrogens with one attached hydrogen (secondary N) is 1. The van der Waals surface area contributed by atoms with Gasteiger partial charge in [-0.05, 0) is 36.2 Å². The molecule has 2 aromatic rings. The van der Waals surface area contributed by atoms with Crippen molar-refractivity contribution >= 4 is 33.1 Å². The van der Waals surface area contributed by atoms with E-state index in [9.17, 15) is 17.6 Å². The van der Waals surface area contributed by atoms with Gasteiger partial charge in [0.25, 0.3) is 5.91 Å². The molecule has 2 rings (SSSR count). The van der Waals surface area contributed by atoms with Crippen LogP contribution in [-0.2, 0) is 16.3 Å². The molecular formula is C17H19FN4O3S. The summed E-state index contributed by atoms with van der Waals surface area (Å²) in [5, 5.41) is 2.78. The quantitative estimate of drug-likeness (QED) is 0.539. The van der Waals surface area contributed by atoms with Crippen LogP contribution in [-0.4, -0.2) is 26.5 Å². The van der Waals surface area contributed by atoms with Crippen LogP contribution in [0, 0.1) is 5.82 Å². The fraction of sp³-hybridized carbons (Fsp3) is 0.176. The number of aryl methyl sites for hydroxylation is 1. The predicted octanol–water partition coefficient (Wildman–Crippen LogP) is 1.95. The van der Waals surface area contributed by atoms with Gasteiger partial charge in [0.15, 0.2) is 15.8 Å². The lowest BCUT2D eigenvalue weighted by atomic mass is 10.0. The molecule has 0 spiro atoms. The minimum absolute atomic E-state index is 0.0698. The van der Waals surface area contributed by atoms with Crippen molar-refractivity contribution in [3.8, 4) is 0 Å². The third kappa shape index (κ3) is 4.37. The fourth-order valence-electron chi connectivity index (χ4n) is 2.41. The maximum Gasteiger partial charge on any atom is 0.280 e. The first-order valence-electron chi connectivity index (χ1n) is 7.66. The number of para-hydroxylation sites is 1. The van der Waals surface area contributed by atoms with E-state index in [1.54, 1.807) is 13.0 Å². The number of nitrogens with zero attached hydrogens (tertiary/aromatic N) is 1. The molecule has 9 heteroatoms. The van der Waals surface area contributed by atoms with Crippen LogP contribution in [0.5, 0.6) is 0 Å². The summed E-state index contributed by atoms with van der Waals surface area (Å²) in [5.41, 5.74) is 11.3. The minimum Gasteiger partial charge on any atom is -0.370 e. The molecule has 0 unspecified atom stereocenters. The molecule has 2 aromatic carbocycles. The number of rotatable bonds is 5. The Kier molecular flexibility index (Phi) is 5.61. The lowest BCUT2D eigenvalue weighted by molar-refractivity contribution is 0.100. The first-order valence-corrected chi connectivity index (χ1v) is 9.55. The van der Waals surface area contributed by atoms with Crippen LogP contribution in [0.4, 0.5) is 15.8 Å². The van der Waals surface area contributed by atoms with E-state index >= 15 is 0 Å². The number of hydrogen-bond acceptors (Lipinski definition) is 4. The maximum atomic E-state index is 13.9. The molecule has 0 aliphatic rings. The predicted molar refractivity (Wildman–Crippen MR) is 98.8 cm³/mol. The van der Waals surface area contributed by atoms with E-state index in [0.29, 0.717) is 12.0 Å². The summed E-state index contributed by atoms with van der Waals surface area (Å²) in [6, 6.07) is 8.55. The van der Waals surface area contributed by atoms with Gasteiger partial charge < -0.3 is 16.8 Å². The van der Waals surface area contributed by atoms with Gasteiger partial charge in [0.2, 0.25) is 0 Å². The van der Waals surface area contributed by atoms with Gasteiger partial charge in [-0.25, -0.2) is 12.8 Å². The Labute approximate surface area is 150 Å². The normalized spacial score (nSPS) is 11.0. The van der Waals surface area contributed by atoms with E-state index < -0.39 is 27.5 Å². The van der Waals surface area contributed by atoms with Crippen molar-refractivity contribution in [3.05, 3.63) is 53.3 Å². The SMILES string of the molecule is CCc1cc(Nc2ccccc2F)c(S(C)(=O)=O)cc1C(=O)N=C(N)N. The van der Waals surface area contributed by atoms with Gasteiger partial charge in [0, 0.05) is 11.8 Å². The van der Waals surface area contributed by atoms with Crippen molar-refractivity contribution in [2.24, 2.45) is 16.5 Å². The summed E-state index contributed by atoms with van der Waals surface area (Å²) in [6.07, 6.45) is 1.41. The summed E-state index contributed by atoms with van der Waals surface area (Å²) in [5.74, 6) is -1.71. The molecule has 0 bridgehead atoms. The molecule has 0 saturated heterocycles. The number of guanidine groups is 1. The number of carbonyl (C=O) groups excluding carboxylic acids is 1. The van der Waals surface area contributed by atoms with Crippen LogP contribution < -0.4 is 16.8 Å². The highest BCUT2D eigenvalue weighted by atomic mass is 32.2. The number of carbonyl (C=O) groups is 1. The average molecular weight is 378 g/mol. The second-order valence-corrected chi connectivity index (χ2v) is 7.56. The number of amides is 1. The van der Waals surface area contributed by atoms with Crippen LogP contribution in [0.3, 0.4) is 0 Å². The van der Waals surface area contributed by atoms with Crippen molar-refractivity contribution in [3.63, 3.8) is 0 Å². The Morgan fingerprint density at radius 2 is 1.85 bits per heavy atom. The monoisotopic (exact) mass is 378 g/mol. The van der Waals surface area contributed by atoms with Crippen molar-refractivity contribution in [1.82, 2.24) is 0 Å². The number of sulfone groups is 1. The third-order valence-corrected chi connectivity index (χ3v) is 4.73. The van der Waals surface area contributed by atoms with Crippen LogP contribution in [0.2, 0.25) is 0 Å². The second kappa shape index (κ2) is 7.52. The Balaban J connectivity index is 2.67. The van der Waals surface area contributed by atoms with E-state index in [2.05, 4.69) is 10.3 Å². The molecule has 0 aromatic heterocycles.